The number of fused-ring (bicyclic) bond motifs is 2. The van der Waals surface area contributed by atoms with Gasteiger partial charge in [-0.3, -0.25) is 14.0 Å². The largest absolute Gasteiger partial charge is 0.462 e. The number of aromatic nitrogens is 3. The number of amides is 1. The molecule has 196 valence electrons. The van der Waals surface area contributed by atoms with Gasteiger partial charge in [-0.05, 0) is 56.5 Å². The Kier molecular flexibility index (Phi) is 8.60. The molecule has 0 N–H and O–H groups in total. The molecular weight excluding hydrogens is 484 g/mol. The highest BCUT2D eigenvalue weighted by atomic mass is 16.5. The minimum Gasteiger partial charge on any atom is -0.462 e. The Labute approximate surface area is 219 Å². The fourth-order valence-electron chi connectivity index (χ4n) is 4.12. The fourth-order valence-corrected chi connectivity index (χ4v) is 4.12. The van der Waals surface area contributed by atoms with Gasteiger partial charge in [0, 0.05) is 32.0 Å². The molecule has 9 nitrogen and oxygen atoms in total. The molecule has 3 aromatic heterocycles. The molecule has 3 heterocycles. The van der Waals surface area contributed by atoms with Crippen molar-refractivity contribution in [3.63, 3.8) is 0 Å². The molecule has 0 aliphatic carbocycles. The Morgan fingerprint density at radius 2 is 1.84 bits per heavy atom. The summed E-state index contributed by atoms with van der Waals surface area (Å²) < 4.78 is 13.9. The third kappa shape index (κ3) is 5.78. The number of esters is 1. The highest BCUT2D eigenvalue weighted by Crippen LogP contribution is 2.14. The summed E-state index contributed by atoms with van der Waals surface area (Å²) in [6, 6.07) is 14.4. The molecule has 38 heavy (non-hydrogen) atoms. The van der Waals surface area contributed by atoms with Crippen molar-refractivity contribution in [1.82, 2.24) is 14.0 Å². The van der Waals surface area contributed by atoms with Crippen molar-refractivity contribution in [2.45, 2.75) is 33.7 Å². The molecule has 0 bridgehead atoms. The zero-order chi connectivity index (χ0) is 27.1. The highest BCUT2D eigenvalue weighted by molar-refractivity contribution is 5.96. The van der Waals surface area contributed by atoms with Gasteiger partial charge in [-0.15, -0.1) is 0 Å². The van der Waals surface area contributed by atoms with E-state index in [1.54, 1.807) is 29.8 Å². The van der Waals surface area contributed by atoms with E-state index in [2.05, 4.69) is 4.99 Å². The highest BCUT2D eigenvalue weighted by Gasteiger charge is 2.20. The molecule has 9 heteroatoms. The van der Waals surface area contributed by atoms with Gasteiger partial charge < -0.3 is 14.0 Å². The van der Waals surface area contributed by atoms with Gasteiger partial charge in [0.1, 0.15) is 16.9 Å². The lowest BCUT2D eigenvalue weighted by molar-refractivity contribution is -0.113. The summed E-state index contributed by atoms with van der Waals surface area (Å²) in [4.78, 5) is 48.6. The van der Waals surface area contributed by atoms with Gasteiger partial charge in [0.25, 0.3) is 11.5 Å². The summed E-state index contributed by atoms with van der Waals surface area (Å²) in [5.74, 6) is -1.24. The van der Waals surface area contributed by atoms with Crippen molar-refractivity contribution in [2.75, 3.05) is 19.8 Å². The first kappa shape index (κ1) is 26.7. The predicted molar refractivity (Wildman–Crippen MR) is 145 cm³/mol. The van der Waals surface area contributed by atoms with Gasteiger partial charge in [-0.1, -0.05) is 36.4 Å². The van der Waals surface area contributed by atoms with Crippen LogP contribution in [0.3, 0.4) is 0 Å². The maximum atomic E-state index is 13.5. The fraction of sp³-hybridized carbons (Fsp3) is 0.276. The normalized spacial score (nSPS) is 12.0. The number of carbonyl (C=O) groups is 2. The van der Waals surface area contributed by atoms with Crippen LogP contribution in [-0.4, -0.2) is 45.6 Å². The molecule has 0 atom stereocenters. The first-order valence-electron chi connectivity index (χ1n) is 12.6. The average Bonchev–Trinajstić information content (AvgIpc) is 2.92. The lowest BCUT2D eigenvalue weighted by Crippen LogP contribution is -2.33. The molecule has 0 aliphatic heterocycles. The topological polar surface area (TPSA) is 104 Å². The van der Waals surface area contributed by atoms with Crippen molar-refractivity contribution in [3.8, 4) is 0 Å². The molecule has 0 saturated heterocycles. The third-order valence-electron chi connectivity index (χ3n) is 5.91. The van der Waals surface area contributed by atoms with Crippen molar-refractivity contribution in [2.24, 2.45) is 4.99 Å². The SMILES string of the molecule is CCOCCCn1c(=NC(=O)/C=C/c2ccccc2)c(C(=O)OCC)cc2c(=O)n3cccc(C)c3nc21. The van der Waals surface area contributed by atoms with Gasteiger partial charge >= 0.3 is 5.97 Å². The van der Waals surface area contributed by atoms with Crippen LogP contribution in [-0.2, 0) is 20.8 Å². The quantitative estimate of drug-likeness (QED) is 0.146. The summed E-state index contributed by atoms with van der Waals surface area (Å²) in [6.07, 6.45) is 5.17. The Hall–Kier alpha value is -4.37. The standard InChI is InChI=1S/C29H30N4O5/c1-4-37-18-10-17-32-26-22(28(35)33-16-9-11-20(3)25(33)31-26)19-23(29(36)38-5-2)27(32)30-24(34)15-14-21-12-7-6-8-13-21/h6-9,11-16,19H,4-5,10,17-18H2,1-3H3/b15-14+,30-27?. The Morgan fingerprint density at radius 3 is 2.58 bits per heavy atom. The van der Waals surface area contributed by atoms with Crippen LogP contribution in [0.25, 0.3) is 22.8 Å². The van der Waals surface area contributed by atoms with Gasteiger partial charge in [0.05, 0.1) is 12.0 Å². The van der Waals surface area contributed by atoms with Crippen LogP contribution in [0.4, 0.5) is 0 Å². The van der Waals surface area contributed by atoms with E-state index in [9.17, 15) is 14.4 Å². The minimum atomic E-state index is -0.680. The van der Waals surface area contributed by atoms with Crippen LogP contribution < -0.4 is 11.0 Å². The van der Waals surface area contributed by atoms with E-state index in [0.29, 0.717) is 37.5 Å². The second kappa shape index (κ2) is 12.2. The van der Waals surface area contributed by atoms with Crippen LogP contribution in [0, 0.1) is 6.92 Å². The van der Waals surface area contributed by atoms with E-state index in [0.717, 1.165) is 11.1 Å². The maximum Gasteiger partial charge on any atom is 0.341 e. The zero-order valence-electron chi connectivity index (χ0n) is 21.7. The van der Waals surface area contributed by atoms with E-state index in [1.807, 2.05) is 50.2 Å². The van der Waals surface area contributed by atoms with E-state index < -0.39 is 11.9 Å². The van der Waals surface area contributed by atoms with E-state index in [4.69, 9.17) is 14.5 Å². The van der Waals surface area contributed by atoms with Crippen molar-refractivity contribution < 1.29 is 19.1 Å². The number of hydrogen-bond acceptors (Lipinski definition) is 6. The summed E-state index contributed by atoms with van der Waals surface area (Å²) >= 11 is 0. The number of ether oxygens (including phenoxy) is 2. The molecule has 1 aromatic carbocycles. The monoisotopic (exact) mass is 514 g/mol. The number of hydrogen-bond donors (Lipinski definition) is 0. The van der Waals surface area contributed by atoms with E-state index >= 15 is 0 Å². The van der Waals surface area contributed by atoms with E-state index in [1.165, 1.54) is 16.5 Å². The summed E-state index contributed by atoms with van der Waals surface area (Å²) in [6.45, 7) is 6.89. The second-order valence-electron chi connectivity index (χ2n) is 8.54. The molecule has 4 aromatic rings. The molecule has 0 fully saturated rings. The molecule has 0 spiro atoms. The molecule has 1 amide bonds. The lowest BCUT2D eigenvalue weighted by Gasteiger charge is -2.15. The van der Waals surface area contributed by atoms with Gasteiger partial charge in [-0.2, -0.15) is 4.99 Å². The number of pyridine rings is 2. The number of carbonyl (C=O) groups excluding carboxylic acids is 2. The summed E-state index contributed by atoms with van der Waals surface area (Å²) in [5.41, 5.74) is 2.22. The van der Waals surface area contributed by atoms with E-state index in [-0.39, 0.29) is 28.6 Å². The second-order valence-corrected chi connectivity index (χ2v) is 8.54. The Morgan fingerprint density at radius 1 is 1.05 bits per heavy atom. The van der Waals surface area contributed by atoms with Gasteiger partial charge in [-0.25, -0.2) is 9.78 Å². The maximum absolute atomic E-state index is 13.5. The molecule has 0 saturated carbocycles. The minimum absolute atomic E-state index is 0.0173. The Bertz CT molecular complexity index is 1630. The number of benzene rings is 1. The zero-order valence-corrected chi connectivity index (χ0v) is 21.7. The number of aryl methyl sites for hydroxylation is 2. The van der Waals surface area contributed by atoms with Crippen LogP contribution in [0.15, 0.2) is 70.6 Å². The average molecular weight is 515 g/mol. The number of rotatable bonds is 9. The smallest absolute Gasteiger partial charge is 0.341 e. The van der Waals surface area contributed by atoms with Crippen molar-refractivity contribution >= 4 is 34.6 Å². The van der Waals surface area contributed by atoms with Crippen LogP contribution >= 0.6 is 0 Å². The van der Waals surface area contributed by atoms with Gasteiger partial charge in [0.15, 0.2) is 5.49 Å². The van der Waals surface area contributed by atoms with Crippen molar-refractivity contribution in [1.29, 1.82) is 0 Å². The molecule has 0 aliphatic rings. The third-order valence-corrected chi connectivity index (χ3v) is 5.91. The predicted octanol–water partition coefficient (Wildman–Crippen LogP) is 3.70. The number of nitrogens with zero attached hydrogens (tertiary/aromatic N) is 4. The van der Waals surface area contributed by atoms with Crippen molar-refractivity contribution in [3.05, 3.63) is 93.3 Å². The Balaban J connectivity index is 2.00. The van der Waals surface area contributed by atoms with Crippen LogP contribution in [0.1, 0.15) is 41.8 Å². The van der Waals surface area contributed by atoms with Crippen LogP contribution in [0.5, 0.6) is 0 Å². The first-order valence-corrected chi connectivity index (χ1v) is 12.6. The molecule has 4 rings (SSSR count). The first-order chi connectivity index (χ1) is 18.4. The molecule has 0 unspecified atom stereocenters. The van der Waals surface area contributed by atoms with Gasteiger partial charge in [0.2, 0.25) is 0 Å². The molecule has 0 radical (unpaired) electrons. The molecular formula is C29H30N4O5. The summed E-state index contributed by atoms with van der Waals surface area (Å²) in [5, 5.41) is 0.221. The summed E-state index contributed by atoms with van der Waals surface area (Å²) in [7, 11) is 0. The van der Waals surface area contributed by atoms with Crippen LogP contribution in [0.2, 0.25) is 0 Å². The lowest BCUT2D eigenvalue weighted by atomic mass is 10.2.